The first-order valence-corrected chi connectivity index (χ1v) is 7.59. The second kappa shape index (κ2) is 6.20. The number of benzene rings is 1. The van der Waals surface area contributed by atoms with E-state index in [-0.39, 0.29) is 10.6 Å². The lowest BCUT2D eigenvalue weighted by Gasteiger charge is -2.36. The molecule has 7 nitrogen and oxygen atoms in total. The first-order valence-electron chi connectivity index (χ1n) is 7.59. The molecular formula is C16H19N5O2. The average molecular weight is 313 g/mol. The molecule has 3 rings (SSSR count). The van der Waals surface area contributed by atoms with Crippen LogP contribution in [0.25, 0.3) is 0 Å². The van der Waals surface area contributed by atoms with Gasteiger partial charge in [0.15, 0.2) is 0 Å². The number of hydrogen-bond acceptors (Lipinski definition) is 6. The van der Waals surface area contributed by atoms with Gasteiger partial charge in [0.05, 0.1) is 4.92 Å². The monoisotopic (exact) mass is 313 g/mol. The van der Waals surface area contributed by atoms with Gasteiger partial charge in [-0.05, 0) is 32.0 Å². The molecule has 1 aliphatic rings. The van der Waals surface area contributed by atoms with E-state index in [1.54, 1.807) is 19.2 Å². The Bertz CT molecular complexity index is 726. The lowest BCUT2D eigenvalue weighted by atomic mass is 10.1. The summed E-state index contributed by atoms with van der Waals surface area (Å²) in [7, 11) is 0. The van der Waals surface area contributed by atoms with Gasteiger partial charge in [-0.15, -0.1) is 0 Å². The van der Waals surface area contributed by atoms with E-state index in [1.165, 1.54) is 0 Å². The summed E-state index contributed by atoms with van der Waals surface area (Å²) in [5, 5.41) is 10.9. The summed E-state index contributed by atoms with van der Waals surface area (Å²) < 4.78 is 0. The van der Waals surface area contributed by atoms with Gasteiger partial charge in [-0.3, -0.25) is 10.1 Å². The maximum absolute atomic E-state index is 10.9. The molecule has 7 heteroatoms. The van der Waals surface area contributed by atoms with E-state index in [1.807, 2.05) is 25.1 Å². The van der Waals surface area contributed by atoms with E-state index in [9.17, 15) is 10.1 Å². The van der Waals surface area contributed by atoms with Crippen LogP contribution >= 0.6 is 0 Å². The molecule has 0 aliphatic carbocycles. The molecule has 0 unspecified atom stereocenters. The van der Waals surface area contributed by atoms with Gasteiger partial charge in [0.1, 0.15) is 11.6 Å². The minimum Gasteiger partial charge on any atom is -0.368 e. The van der Waals surface area contributed by atoms with Crippen molar-refractivity contribution in [2.45, 2.75) is 13.8 Å². The van der Waals surface area contributed by atoms with Crippen LogP contribution in [0.4, 0.5) is 17.2 Å². The molecule has 2 aromatic rings. The van der Waals surface area contributed by atoms with Crippen molar-refractivity contribution in [3.63, 3.8) is 0 Å². The van der Waals surface area contributed by atoms with Gasteiger partial charge >= 0.3 is 0 Å². The molecule has 1 aliphatic heterocycles. The molecule has 120 valence electrons. The summed E-state index contributed by atoms with van der Waals surface area (Å²) in [6.45, 7) is 7.13. The van der Waals surface area contributed by atoms with Gasteiger partial charge in [0.25, 0.3) is 5.69 Å². The van der Waals surface area contributed by atoms with Crippen molar-refractivity contribution >= 4 is 17.2 Å². The smallest absolute Gasteiger partial charge is 0.272 e. The summed E-state index contributed by atoms with van der Waals surface area (Å²) >= 11 is 0. The van der Waals surface area contributed by atoms with Crippen molar-refractivity contribution in [2.75, 3.05) is 36.0 Å². The van der Waals surface area contributed by atoms with Crippen LogP contribution < -0.4 is 9.80 Å². The van der Waals surface area contributed by atoms with E-state index in [0.29, 0.717) is 5.56 Å². The number of piperazine rings is 1. The maximum atomic E-state index is 10.9. The lowest BCUT2D eigenvalue weighted by molar-refractivity contribution is -0.385. The highest BCUT2D eigenvalue weighted by molar-refractivity contribution is 5.56. The Morgan fingerprint density at radius 1 is 1.09 bits per heavy atom. The zero-order chi connectivity index (χ0) is 16.4. The van der Waals surface area contributed by atoms with Crippen LogP contribution in [0.15, 0.2) is 30.5 Å². The Morgan fingerprint density at radius 2 is 1.78 bits per heavy atom. The Balaban J connectivity index is 1.69. The second-order valence-corrected chi connectivity index (χ2v) is 5.66. The third kappa shape index (κ3) is 3.23. The quantitative estimate of drug-likeness (QED) is 0.639. The van der Waals surface area contributed by atoms with Gasteiger partial charge in [-0.1, -0.05) is 0 Å². The number of anilines is 2. The molecule has 2 heterocycles. The van der Waals surface area contributed by atoms with E-state index < -0.39 is 0 Å². The molecule has 0 N–H and O–H groups in total. The molecule has 0 bridgehead atoms. The summed E-state index contributed by atoms with van der Waals surface area (Å²) in [4.78, 5) is 23.6. The highest BCUT2D eigenvalue weighted by Crippen LogP contribution is 2.25. The van der Waals surface area contributed by atoms with Gasteiger partial charge in [-0.25, -0.2) is 9.97 Å². The SMILES string of the molecule is Cc1nccc(N2CCN(c3ccc([N+](=O)[O-])c(C)c3)CC2)n1. The van der Waals surface area contributed by atoms with E-state index in [2.05, 4.69) is 19.8 Å². The van der Waals surface area contributed by atoms with Crippen molar-refractivity contribution in [1.29, 1.82) is 0 Å². The highest BCUT2D eigenvalue weighted by Gasteiger charge is 2.20. The number of nitro benzene ring substituents is 1. The standard InChI is InChI=1S/C16H19N5O2/c1-12-11-14(3-4-15(12)21(22)23)19-7-9-20(10-8-19)16-5-6-17-13(2)18-16/h3-6,11H,7-10H2,1-2H3. The second-order valence-electron chi connectivity index (χ2n) is 5.66. The third-order valence-corrected chi connectivity index (χ3v) is 4.11. The van der Waals surface area contributed by atoms with Crippen molar-refractivity contribution in [2.24, 2.45) is 0 Å². The number of hydrogen-bond donors (Lipinski definition) is 0. The zero-order valence-corrected chi connectivity index (χ0v) is 13.3. The topological polar surface area (TPSA) is 75.4 Å². The van der Waals surface area contributed by atoms with Crippen LogP contribution in [0.2, 0.25) is 0 Å². The van der Waals surface area contributed by atoms with Crippen LogP contribution in [0.3, 0.4) is 0 Å². The van der Waals surface area contributed by atoms with Gasteiger partial charge < -0.3 is 9.80 Å². The Hall–Kier alpha value is -2.70. The van der Waals surface area contributed by atoms with Crippen molar-refractivity contribution in [1.82, 2.24) is 9.97 Å². The number of rotatable bonds is 3. The molecule has 0 amide bonds. The van der Waals surface area contributed by atoms with Crippen LogP contribution in [0.1, 0.15) is 11.4 Å². The van der Waals surface area contributed by atoms with Crippen LogP contribution in [0.5, 0.6) is 0 Å². The molecule has 0 atom stereocenters. The fourth-order valence-corrected chi connectivity index (χ4v) is 2.85. The minimum absolute atomic E-state index is 0.170. The third-order valence-electron chi connectivity index (χ3n) is 4.11. The fraction of sp³-hybridized carbons (Fsp3) is 0.375. The molecule has 23 heavy (non-hydrogen) atoms. The Labute approximate surface area is 134 Å². The van der Waals surface area contributed by atoms with Crippen LogP contribution in [-0.2, 0) is 0 Å². The predicted octanol–water partition coefficient (Wildman–Crippen LogP) is 2.33. The number of nitro groups is 1. The lowest BCUT2D eigenvalue weighted by Crippen LogP contribution is -2.46. The molecule has 0 radical (unpaired) electrons. The normalized spacial score (nSPS) is 14.9. The number of aromatic nitrogens is 2. The van der Waals surface area contributed by atoms with Gasteiger partial charge in [0, 0.05) is 49.7 Å². The summed E-state index contributed by atoms with van der Waals surface area (Å²) in [5.74, 6) is 1.73. The number of nitrogens with zero attached hydrogens (tertiary/aromatic N) is 5. The molecule has 1 fully saturated rings. The van der Waals surface area contributed by atoms with Gasteiger partial charge in [0.2, 0.25) is 0 Å². The molecule has 1 aromatic heterocycles. The van der Waals surface area contributed by atoms with Crippen molar-refractivity contribution in [3.8, 4) is 0 Å². The van der Waals surface area contributed by atoms with E-state index in [4.69, 9.17) is 0 Å². The zero-order valence-electron chi connectivity index (χ0n) is 13.3. The Morgan fingerprint density at radius 3 is 2.39 bits per heavy atom. The summed E-state index contributed by atoms with van der Waals surface area (Å²) in [6, 6.07) is 7.24. The van der Waals surface area contributed by atoms with E-state index >= 15 is 0 Å². The first kappa shape index (κ1) is 15.2. The average Bonchev–Trinajstić information content (AvgIpc) is 2.54. The van der Waals surface area contributed by atoms with Crippen LogP contribution in [0, 0.1) is 24.0 Å². The van der Waals surface area contributed by atoms with Crippen molar-refractivity contribution in [3.05, 3.63) is 52.0 Å². The largest absolute Gasteiger partial charge is 0.368 e. The highest BCUT2D eigenvalue weighted by atomic mass is 16.6. The fourth-order valence-electron chi connectivity index (χ4n) is 2.85. The minimum atomic E-state index is -0.339. The summed E-state index contributed by atoms with van der Waals surface area (Å²) in [6.07, 6.45) is 1.78. The molecular weight excluding hydrogens is 294 g/mol. The van der Waals surface area contributed by atoms with Crippen molar-refractivity contribution < 1.29 is 4.92 Å². The van der Waals surface area contributed by atoms with E-state index in [0.717, 1.165) is 43.5 Å². The predicted molar refractivity (Wildman–Crippen MR) is 89.0 cm³/mol. The molecule has 0 saturated carbocycles. The summed E-state index contributed by atoms with van der Waals surface area (Å²) in [5.41, 5.74) is 1.90. The van der Waals surface area contributed by atoms with Gasteiger partial charge in [-0.2, -0.15) is 0 Å². The first-order chi connectivity index (χ1) is 11.0. The number of aryl methyl sites for hydroxylation is 2. The molecule has 1 aromatic carbocycles. The maximum Gasteiger partial charge on any atom is 0.272 e. The molecule has 1 saturated heterocycles. The Kier molecular flexibility index (Phi) is 4.10. The van der Waals surface area contributed by atoms with Crippen LogP contribution in [-0.4, -0.2) is 41.1 Å². The molecule has 0 spiro atoms.